The second-order valence-corrected chi connectivity index (χ2v) is 5.39. The number of rotatable bonds is 7. The molecule has 0 spiro atoms. The molecule has 0 heterocycles. The molecule has 0 radical (unpaired) electrons. The van der Waals surface area contributed by atoms with Crippen LogP contribution in [0.2, 0.25) is 0 Å². The van der Waals surface area contributed by atoms with E-state index in [0.29, 0.717) is 6.42 Å². The smallest absolute Gasteiger partial charge is 0.244 e. The summed E-state index contributed by atoms with van der Waals surface area (Å²) in [7, 11) is 0. The molecule has 0 bridgehead atoms. The first kappa shape index (κ1) is 16.4. The zero-order valence-corrected chi connectivity index (χ0v) is 12.6. The number of aliphatic hydroxyl groups is 1. The molecule has 0 aliphatic heterocycles. The molecule has 1 unspecified atom stereocenters. The largest absolute Gasteiger partial charge is 0.388 e. The minimum Gasteiger partial charge on any atom is -0.388 e. The van der Waals surface area contributed by atoms with Gasteiger partial charge in [0.1, 0.15) is 0 Å². The molecule has 1 atom stereocenters. The van der Waals surface area contributed by atoms with E-state index in [1.165, 1.54) is 11.6 Å². The first-order valence-corrected chi connectivity index (χ1v) is 7.24. The van der Waals surface area contributed by atoms with Crippen LogP contribution in [0, 0.1) is 0 Å². The third-order valence-corrected chi connectivity index (χ3v) is 3.25. The van der Waals surface area contributed by atoms with Gasteiger partial charge in [-0.3, -0.25) is 4.79 Å². The summed E-state index contributed by atoms with van der Waals surface area (Å²) in [4.78, 5) is 11.7. The van der Waals surface area contributed by atoms with Crippen LogP contribution in [0.5, 0.6) is 0 Å². The molecular formula is C17H25NO2. The molecule has 3 heteroatoms. The third kappa shape index (κ3) is 6.02. The molecule has 1 rings (SSSR count). The predicted molar refractivity (Wildman–Crippen MR) is 83.4 cm³/mol. The lowest BCUT2D eigenvalue weighted by atomic mass is 10.0. The maximum Gasteiger partial charge on any atom is 0.244 e. The summed E-state index contributed by atoms with van der Waals surface area (Å²) in [6, 6.07) is 8.11. The maximum atomic E-state index is 11.7. The normalized spacial score (nSPS) is 14.2. The van der Waals surface area contributed by atoms with Crippen LogP contribution in [0.25, 0.3) is 6.08 Å². The molecule has 20 heavy (non-hydrogen) atoms. The number of benzene rings is 1. The fourth-order valence-electron chi connectivity index (χ4n) is 2.00. The average molecular weight is 275 g/mol. The summed E-state index contributed by atoms with van der Waals surface area (Å²) in [5.74, 6) is -0.180. The van der Waals surface area contributed by atoms with Crippen LogP contribution in [0.3, 0.4) is 0 Å². The zero-order valence-electron chi connectivity index (χ0n) is 12.6. The van der Waals surface area contributed by atoms with E-state index < -0.39 is 5.60 Å². The van der Waals surface area contributed by atoms with Crippen LogP contribution < -0.4 is 5.32 Å². The number of amides is 1. The van der Waals surface area contributed by atoms with E-state index in [0.717, 1.165) is 18.4 Å². The van der Waals surface area contributed by atoms with E-state index in [1.807, 2.05) is 19.1 Å². The second-order valence-electron chi connectivity index (χ2n) is 5.39. The Morgan fingerprint density at radius 2 is 1.95 bits per heavy atom. The average Bonchev–Trinajstić information content (AvgIpc) is 2.43. The highest BCUT2D eigenvalue weighted by Crippen LogP contribution is 2.10. The highest BCUT2D eigenvalue weighted by molar-refractivity contribution is 5.91. The number of hydrogen-bond acceptors (Lipinski definition) is 2. The summed E-state index contributed by atoms with van der Waals surface area (Å²) in [6.07, 6.45) is 5.86. The van der Waals surface area contributed by atoms with Crippen molar-refractivity contribution < 1.29 is 9.90 Å². The van der Waals surface area contributed by atoms with Crippen molar-refractivity contribution in [1.29, 1.82) is 0 Å². The molecule has 0 aliphatic rings. The van der Waals surface area contributed by atoms with Gasteiger partial charge < -0.3 is 10.4 Å². The SMILES string of the molecule is CCCC(C)(O)CNC(=O)/C=C/c1ccc(CC)cc1. The Morgan fingerprint density at radius 1 is 1.30 bits per heavy atom. The van der Waals surface area contributed by atoms with Crippen LogP contribution in [0.15, 0.2) is 30.3 Å². The zero-order chi connectivity index (χ0) is 15.0. The molecule has 1 aromatic rings. The molecule has 0 fully saturated rings. The summed E-state index contributed by atoms with van der Waals surface area (Å²) >= 11 is 0. The molecule has 2 N–H and O–H groups in total. The lowest BCUT2D eigenvalue weighted by Crippen LogP contribution is -2.39. The summed E-state index contributed by atoms with van der Waals surface area (Å²) in [5, 5.41) is 12.7. The number of carbonyl (C=O) groups excluding carboxylic acids is 1. The van der Waals surface area contributed by atoms with Crippen molar-refractivity contribution in [3.8, 4) is 0 Å². The standard InChI is InChI=1S/C17H25NO2/c1-4-12-17(3,20)13-18-16(19)11-10-15-8-6-14(5-2)7-9-15/h6-11,20H,4-5,12-13H2,1-3H3,(H,18,19)/b11-10+. The van der Waals surface area contributed by atoms with Crippen molar-refractivity contribution in [2.24, 2.45) is 0 Å². The predicted octanol–water partition coefficient (Wildman–Crippen LogP) is 2.93. The van der Waals surface area contributed by atoms with Gasteiger partial charge in [0.2, 0.25) is 5.91 Å². The molecule has 1 aromatic carbocycles. The van der Waals surface area contributed by atoms with Crippen LogP contribution in [0.4, 0.5) is 0 Å². The van der Waals surface area contributed by atoms with Gasteiger partial charge in [-0.15, -0.1) is 0 Å². The van der Waals surface area contributed by atoms with E-state index in [9.17, 15) is 9.90 Å². The molecule has 0 aromatic heterocycles. The topological polar surface area (TPSA) is 49.3 Å². The number of carbonyl (C=O) groups is 1. The van der Waals surface area contributed by atoms with Gasteiger partial charge in [-0.2, -0.15) is 0 Å². The molecule has 0 saturated heterocycles. The van der Waals surface area contributed by atoms with Crippen LogP contribution >= 0.6 is 0 Å². The van der Waals surface area contributed by atoms with Gasteiger partial charge in [-0.25, -0.2) is 0 Å². The fourth-order valence-corrected chi connectivity index (χ4v) is 2.00. The van der Waals surface area contributed by atoms with E-state index >= 15 is 0 Å². The molecular weight excluding hydrogens is 250 g/mol. The van der Waals surface area contributed by atoms with Gasteiger partial charge in [-0.05, 0) is 37.0 Å². The van der Waals surface area contributed by atoms with Crippen LogP contribution in [0.1, 0.15) is 44.7 Å². The van der Waals surface area contributed by atoms with Crippen molar-refractivity contribution in [3.05, 3.63) is 41.5 Å². The summed E-state index contributed by atoms with van der Waals surface area (Å²) < 4.78 is 0. The van der Waals surface area contributed by atoms with E-state index in [-0.39, 0.29) is 12.5 Å². The minimum absolute atomic E-state index is 0.180. The van der Waals surface area contributed by atoms with Crippen molar-refractivity contribution in [2.45, 2.75) is 45.6 Å². The molecule has 1 amide bonds. The highest BCUT2D eigenvalue weighted by Gasteiger charge is 2.18. The Bertz CT molecular complexity index is 447. The van der Waals surface area contributed by atoms with Crippen molar-refractivity contribution in [2.75, 3.05) is 6.54 Å². The lowest BCUT2D eigenvalue weighted by Gasteiger charge is -2.22. The van der Waals surface area contributed by atoms with Gasteiger partial charge in [0.25, 0.3) is 0 Å². The Hall–Kier alpha value is -1.61. The molecule has 0 saturated carbocycles. The first-order valence-electron chi connectivity index (χ1n) is 7.24. The van der Waals surface area contributed by atoms with E-state index in [2.05, 4.69) is 24.4 Å². The minimum atomic E-state index is -0.832. The molecule has 3 nitrogen and oxygen atoms in total. The van der Waals surface area contributed by atoms with Crippen molar-refractivity contribution in [1.82, 2.24) is 5.32 Å². The Labute approximate surface area is 121 Å². The summed E-state index contributed by atoms with van der Waals surface area (Å²) in [6.45, 7) is 6.14. The molecule has 0 aliphatic carbocycles. The number of aryl methyl sites for hydroxylation is 1. The quantitative estimate of drug-likeness (QED) is 0.752. The highest BCUT2D eigenvalue weighted by atomic mass is 16.3. The van der Waals surface area contributed by atoms with Gasteiger partial charge in [0, 0.05) is 12.6 Å². The van der Waals surface area contributed by atoms with Gasteiger partial charge in [-0.1, -0.05) is 44.5 Å². The lowest BCUT2D eigenvalue weighted by molar-refractivity contribution is -0.117. The number of hydrogen-bond donors (Lipinski definition) is 2. The van der Waals surface area contributed by atoms with Crippen LogP contribution in [-0.4, -0.2) is 23.2 Å². The van der Waals surface area contributed by atoms with Gasteiger partial charge in [0.05, 0.1) is 5.60 Å². The Morgan fingerprint density at radius 3 is 2.50 bits per heavy atom. The maximum absolute atomic E-state index is 11.7. The van der Waals surface area contributed by atoms with Crippen molar-refractivity contribution in [3.63, 3.8) is 0 Å². The van der Waals surface area contributed by atoms with Gasteiger partial charge in [0.15, 0.2) is 0 Å². The third-order valence-electron chi connectivity index (χ3n) is 3.25. The van der Waals surface area contributed by atoms with E-state index in [4.69, 9.17) is 0 Å². The molecule has 110 valence electrons. The van der Waals surface area contributed by atoms with Crippen LogP contribution in [-0.2, 0) is 11.2 Å². The Balaban J connectivity index is 2.46. The van der Waals surface area contributed by atoms with E-state index in [1.54, 1.807) is 13.0 Å². The van der Waals surface area contributed by atoms with Gasteiger partial charge >= 0.3 is 0 Å². The summed E-state index contributed by atoms with van der Waals surface area (Å²) in [5.41, 5.74) is 1.45. The number of nitrogens with one attached hydrogen (secondary N) is 1. The first-order chi connectivity index (χ1) is 9.46. The fraction of sp³-hybridized carbons (Fsp3) is 0.471. The monoisotopic (exact) mass is 275 g/mol. The Kier molecular flexibility index (Phi) is 6.46. The second kappa shape index (κ2) is 7.85. The van der Waals surface area contributed by atoms with Crippen molar-refractivity contribution >= 4 is 12.0 Å².